The van der Waals surface area contributed by atoms with Crippen LogP contribution in [0.25, 0.3) is 0 Å². The summed E-state index contributed by atoms with van der Waals surface area (Å²) in [5.41, 5.74) is 0.427. The molecular formula is C12H12ClN3O3. The normalized spacial score (nSPS) is 16.7. The molecule has 1 heterocycles. The summed E-state index contributed by atoms with van der Waals surface area (Å²) in [4.78, 5) is 22.3. The Morgan fingerprint density at radius 2 is 2.05 bits per heavy atom. The smallest absolute Gasteiger partial charge is 0.352 e. The predicted molar refractivity (Wildman–Crippen MR) is 71.3 cm³/mol. The van der Waals surface area contributed by atoms with Crippen molar-refractivity contribution in [1.82, 2.24) is 5.32 Å². The molecule has 0 spiro atoms. The molecule has 1 aromatic rings. The van der Waals surface area contributed by atoms with E-state index in [1.807, 2.05) is 0 Å². The Balaban J connectivity index is 2.19. The number of nitrogens with zero attached hydrogens (tertiary/aromatic N) is 1. The molecule has 1 amide bonds. The van der Waals surface area contributed by atoms with Crippen molar-refractivity contribution >= 4 is 23.2 Å². The first-order valence-corrected chi connectivity index (χ1v) is 6.14. The van der Waals surface area contributed by atoms with Crippen LogP contribution in [0.3, 0.4) is 0 Å². The number of carbonyl (C=O) groups is 1. The maximum absolute atomic E-state index is 11.9. The van der Waals surface area contributed by atoms with Crippen LogP contribution in [0.4, 0.5) is 5.69 Å². The second-order valence-corrected chi connectivity index (χ2v) is 4.51. The van der Waals surface area contributed by atoms with Gasteiger partial charge >= 0.3 is 11.6 Å². The third-order valence-electron chi connectivity index (χ3n) is 2.73. The maximum Gasteiger partial charge on any atom is 0.352 e. The van der Waals surface area contributed by atoms with Crippen LogP contribution in [0.2, 0.25) is 5.02 Å². The lowest BCUT2D eigenvalue weighted by atomic mass is 10.2. The van der Waals surface area contributed by atoms with E-state index in [1.165, 1.54) is 0 Å². The van der Waals surface area contributed by atoms with Gasteiger partial charge in [-0.1, -0.05) is 11.6 Å². The molecule has 0 unspecified atom stereocenters. The lowest BCUT2D eigenvalue weighted by Gasteiger charge is -2.05. The molecule has 0 bridgehead atoms. The van der Waals surface area contributed by atoms with Crippen molar-refractivity contribution in [3.63, 3.8) is 0 Å². The fraction of sp³-hybridized carbons (Fsp3) is 0.250. The number of nitrogens with one attached hydrogen (secondary N) is 2. The number of carbonyl (C=O) groups excluding carboxylic acids is 1. The topological polar surface area (TPSA) is 84.3 Å². The number of rotatable bonds is 3. The first-order chi connectivity index (χ1) is 9.08. The number of halogens is 1. The van der Waals surface area contributed by atoms with Crippen LogP contribution in [-0.4, -0.2) is 17.4 Å². The van der Waals surface area contributed by atoms with E-state index in [0.29, 0.717) is 29.4 Å². The van der Waals surface area contributed by atoms with Crippen LogP contribution in [0.1, 0.15) is 12.8 Å². The van der Waals surface area contributed by atoms with Crippen LogP contribution in [0, 0.1) is 10.1 Å². The third-order valence-corrected chi connectivity index (χ3v) is 2.98. The minimum atomic E-state index is -0.725. The van der Waals surface area contributed by atoms with E-state index in [0.717, 1.165) is 6.42 Å². The fourth-order valence-electron chi connectivity index (χ4n) is 1.85. The third kappa shape index (κ3) is 3.23. The summed E-state index contributed by atoms with van der Waals surface area (Å²) in [6.07, 6.45) is 1.31. The van der Waals surface area contributed by atoms with Gasteiger partial charge in [0.05, 0.1) is 10.6 Å². The van der Waals surface area contributed by atoms with Crippen molar-refractivity contribution < 1.29 is 9.72 Å². The quantitative estimate of drug-likeness (QED) is 0.505. The highest BCUT2D eigenvalue weighted by atomic mass is 35.5. The van der Waals surface area contributed by atoms with Gasteiger partial charge in [0.15, 0.2) is 0 Å². The van der Waals surface area contributed by atoms with Gasteiger partial charge in [-0.15, -0.1) is 0 Å². The van der Waals surface area contributed by atoms with Crippen molar-refractivity contribution in [2.45, 2.75) is 12.8 Å². The number of hydrogen-bond acceptors (Lipinski definition) is 4. The zero-order chi connectivity index (χ0) is 13.8. The summed E-state index contributed by atoms with van der Waals surface area (Å²) in [5.74, 6) is -0.725. The maximum atomic E-state index is 11.9. The number of amides is 1. The van der Waals surface area contributed by atoms with Gasteiger partial charge in [-0.3, -0.25) is 14.9 Å². The van der Waals surface area contributed by atoms with Gasteiger partial charge in [-0.2, -0.15) is 0 Å². The molecule has 0 aromatic heterocycles. The van der Waals surface area contributed by atoms with Crippen molar-refractivity contribution in [3.8, 4) is 0 Å². The summed E-state index contributed by atoms with van der Waals surface area (Å²) in [7, 11) is 0. The molecule has 1 aliphatic heterocycles. The van der Waals surface area contributed by atoms with E-state index < -0.39 is 16.5 Å². The average molecular weight is 282 g/mol. The van der Waals surface area contributed by atoms with Crippen molar-refractivity contribution in [2.24, 2.45) is 0 Å². The Hall–Kier alpha value is -2.08. The highest BCUT2D eigenvalue weighted by Crippen LogP contribution is 2.18. The molecule has 2 rings (SSSR count). The fourth-order valence-corrected chi connectivity index (χ4v) is 1.97. The molecule has 0 saturated carbocycles. The number of allylic oxidation sites excluding steroid dienone is 1. The molecule has 6 nitrogen and oxygen atoms in total. The molecule has 19 heavy (non-hydrogen) atoms. The number of anilines is 1. The van der Waals surface area contributed by atoms with Crippen molar-refractivity contribution in [3.05, 3.63) is 50.8 Å². The Bertz CT molecular complexity index is 532. The summed E-state index contributed by atoms with van der Waals surface area (Å²) in [6, 6.07) is 6.38. The molecule has 100 valence electrons. The summed E-state index contributed by atoms with van der Waals surface area (Å²) in [6.45, 7) is 0.654. The summed E-state index contributed by atoms with van der Waals surface area (Å²) in [5, 5.41) is 16.9. The zero-order valence-electron chi connectivity index (χ0n) is 9.98. The lowest BCUT2D eigenvalue weighted by Crippen LogP contribution is -2.24. The Labute approximate surface area is 114 Å². The highest BCUT2D eigenvalue weighted by molar-refractivity contribution is 6.30. The van der Waals surface area contributed by atoms with Crippen LogP contribution in [0.15, 0.2) is 35.7 Å². The summed E-state index contributed by atoms with van der Waals surface area (Å²) < 4.78 is 0. The minimum absolute atomic E-state index is 0.386. The number of hydrogen-bond donors (Lipinski definition) is 2. The van der Waals surface area contributed by atoms with Gasteiger partial charge in [0, 0.05) is 17.3 Å². The molecular weight excluding hydrogens is 270 g/mol. The first kappa shape index (κ1) is 13.4. The Kier molecular flexibility index (Phi) is 4.01. The van der Waals surface area contributed by atoms with E-state index in [-0.39, 0.29) is 0 Å². The molecule has 1 aliphatic rings. The van der Waals surface area contributed by atoms with Crippen LogP contribution in [0.5, 0.6) is 0 Å². The van der Waals surface area contributed by atoms with E-state index in [4.69, 9.17) is 11.6 Å². The number of benzene rings is 1. The Morgan fingerprint density at radius 1 is 1.37 bits per heavy atom. The largest absolute Gasteiger partial charge is 0.383 e. The molecule has 1 fully saturated rings. The summed E-state index contributed by atoms with van der Waals surface area (Å²) >= 11 is 5.72. The standard InChI is InChI=1S/C12H12ClN3O3/c13-8-3-5-9(6-4-8)15-12(17)11(16(18)19)10-2-1-7-14-10/h3-6,14H,1-2,7H2,(H,15,17)/b11-10+. The predicted octanol–water partition coefficient (Wildman–Crippen LogP) is 2.15. The number of nitro groups is 1. The Morgan fingerprint density at radius 3 is 2.58 bits per heavy atom. The van der Waals surface area contributed by atoms with Crippen molar-refractivity contribution in [1.29, 1.82) is 0 Å². The van der Waals surface area contributed by atoms with E-state index in [2.05, 4.69) is 10.6 Å². The van der Waals surface area contributed by atoms with Gasteiger partial charge in [-0.25, -0.2) is 0 Å². The van der Waals surface area contributed by atoms with E-state index >= 15 is 0 Å². The average Bonchev–Trinajstić information content (AvgIpc) is 2.85. The van der Waals surface area contributed by atoms with Crippen LogP contribution >= 0.6 is 11.6 Å². The second-order valence-electron chi connectivity index (χ2n) is 4.08. The van der Waals surface area contributed by atoms with Gasteiger partial charge < -0.3 is 10.6 Å². The first-order valence-electron chi connectivity index (χ1n) is 5.76. The second kappa shape index (κ2) is 5.71. The zero-order valence-corrected chi connectivity index (χ0v) is 10.7. The van der Waals surface area contributed by atoms with Crippen molar-refractivity contribution in [2.75, 3.05) is 11.9 Å². The highest BCUT2D eigenvalue weighted by Gasteiger charge is 2.29. The lowest BCUT2D eigenvalue weighted by molar-refractivity contribution is -0.420. The SMILES string of the molecule is O=C(Nc1ccc(Cl)cc1)/C(=C1/CCCN1)[N+](=O)[O-]. The van der Waals surface area contributed by atoms with Gasteiger partial charge in [0.25, 0.3) is 0 Å². The molecule has 0 radical (unpaired) electrons. The van der Waals surface area contributed by atoms with E-state index in [9.17, 15) is 14.9 Å². The molecule has 2 N–H and O–H groups in total. The van der Waals surface area contributed by atoms with E-state index in [1.54, 1.807) is 24.3 Å². The molecule has 1 aromatic carbocycles. The van der Waals surface area contributed by atoms with Gasteiger partial charge in [-0.05, 0) is 37.1 Å². The van der Waals surface area contributed by atoms with Gasteiger partial charge in [0.1, 0.15) is 0 Å². The molecule has 0 atom stereocenters. The van der Waals surface area contributed by atoms with Gasteiger partial charge in [0.2, 0.25) is 0 Å². The minimum Gasteiger partial charge on any atom is -0.383 e. The monoisotopic (exact) mass is 281 g/mol. The van der Waals surface area contributed by atoms with Crippen LogP contribution < -0.4 is 10.6 Å². The molecule has 1 saturated heterocycles. The van der Waals surface area contributed by atoms with Crippen LogP contribution in [-0.2, 0) is 4.79 Å². The molecule has 0 aliphatic carbocycles. The molecule has 7 heteroatoms.